The summed E-state index contributed by atoms with van der Waals surface area (Å²) >= 11 is 0. The van der Waals surface area contributed by atoms with E-state index in [1.165, 1.54) is 11.9 Å². The molecule has 0 spiro atoms. The lowest BCUT2D eigenvalue weighted by Crippen LogP contribution is -1.96. The quantitative estimate of drug-likeness (QED) is 0.789. The van der Waals surface area contributed by atoms with Crippen molar-refractivity contribution in [3.05, 3.63) is 41.9 Å². The number of aromatic nitrogens is 2. The van der Waals surface area contributed by atoms with E-state index < -0.39 is 0 Å². The minimum absolute atomic E-state index is 0.361. The minimum Gasteiger partial charge on any atom is -0.496 e. The maximum absolute atomic E-state index is 10.8. The van der Waals surface area contributed by atoms with E-state index in [0.717, 1.165) is 11.3 Å². The van der Waals surface area contributed by atoms with Crippen LogP contribution >= 0.6 is 0 Å². The van der Waals surface area contributed by atoms with Crippen LogP contribution in [-0.2, 0) is 0 Å². The van der Waals surface area contributed by atoms with Crippen LogP contribution in [-0.4, -0.2) is 23.4 Å². The summed E-state index contributed by atoms with van der Waals surface area (Å²) in [5.41, 5.74) is 3.10. The van der Waals surface area contributed by atoms with Crippen LogP contribution in [0.2, 0.25) is 0 Å². The number of ether oxygens (including phenoxy) is 1. The van der Waals surface area contributed by atoms with E-state index in [-0.39, 0.29) is 0 Å². The number of nitrogens with zero attached hydrogens (tertiary/aromatic N) is 2. The molecule has 1 aromatic carbocycles. The fraction of sp³-hybridized carbons (Fsp3) is 0.267. The molecule has 0 unspecified atom stereocenters. The molecule has 4 heteroatoms. The van der Waals surface area contributed by atoms with Crippen LogP contribution in [0.25, 0.3) is 11.3 Å². The molecule has 2 aromatic rings. The van der Waals surface area contributed by atoms with Crippen molar-refractivity contribution >= 4 is 6.29 Å². The van der Waals surface area contributed by atoms with Gasteiger partial charge in [-0.3, -0.25) is 4.79 Å². The highest BCUT2D eigenvalue weighted by atomic mass is 16.5. The van der Waals surface area contributed by atoms with Gasteiger partial charge in [0.15, 0.2) is 6.29 Å². The van der Waals surface area contributed by atoms with Gasteiger partial charge >= 0.3 is 0 Å². The van der Waals surface area contributed by atoms with Crippen molar-refractivity contribution in [3.63, 3.8) is 0 Å². The maximum atomic E-state index is 10.8. The molecule has 0 amide bonds. The smallest absolute Gasteiger partial charge is 0.168 e. The Bertz CT molecular complexity index is 594. The number of hydrogen-bond acceptors (Lipinski definition) is 4. The summed E-state index contributed by atoms with van der Waals surface area (Å²) in [5.74, 6) is 1.18. The van der Waals surface area contributed by atoms with E-state index in [9.17, 15) is 4.79 Å². The van der Waals surface area contributed by atoms with Gasteiger partial charge in [0.25, 0.3) is 0 Å². The van der Waals surface area contributed by atoms with Gasteiger partial charge < -0.3 is 4.74 Å². The SMILES string of the molecule is COc1cc(C(C)C)ccc1-c1cc(C=O)ncn1. The molecule has 19 heavy (non-hydrogen) atoms. The molecule has 98 valence electrons. The van der Waals surface area contributed by atoms with Crippen LogP contribution in [0, 0.1) is 0 Å². The molecule has 0 aliphatic rings. The van der Waals surface area contributed by atoms with Crippen molar-refractivity contribution in [2.24, 2.45) is 0 Å². The average molecular weight is 256 g/mol. The zero-order valence-electron chi connectivity index (χ0n) is 11.3. The normalized spacial score (nSPS) is 10.5. The van der Waals surface area contributed by atoms with E-state index in [1.54, 1.807) is 13.2 Å². The van der Waals surface area contributed by atoms with Crippen LogP contribution in [0.3, 0.4) is 0 Å². The van der Waals surface area contributed by atoms with Gasteiger partial charge in [0.2, 0.25) is 0 Å². The number of carbonyl (C=O) groups excluding carboxylic acids is 1. The molecule has 0 aliphatic carbocycles. The maximum Gasteiger partial charge on any atom is 0.168 e. The van der Waals surface area contributed by atoms with Crippen LogP contribution in [0.4, 0.5) is 0 Å². The van der Waals surface area contributed by atoms with Crippen molar-refractivity contribution < 1.29 is 9.53 Å². The van der Waals surface area contributed by atoms with E-state index in [1.807, 2.05) is 18.2 Å². The predicted octanol–water partition coefficient (Wildman–Crippen LogP) is 3.09. The molecular formula is C15H16N2O2. The summed E-state index contributed by atoms with van der Waals surface area (Å²) in [6.45, 7) is 4.26. The lowest BCUT2D eigenvalue weighted by molar-refractivity contribution is 0.111. The lowest BCUT2D eigenvalue weighted by atomic mass is 9.99. The number of benzene rings is 1. The molecule has 0 saturated carbocycles. The van der Waals surface area contributed by atoms with Gasteiger partial charge in [0, 0.05) is 5.56 Å². The van der Waals surface area contributed by atoms with Crippen molar-refractivity contribution in [1.82, 2.24) is 9.97 Å². The van der Waals surface area contributed by atoms with Gasteiger partial charge in [-0.1, -0.05) is 19.9 Å². The Morgan fingerprint density at radius 3 is 2.63 bits per heavy atom. The van der Waals surface area contributed by atoms with Gasteiger partial charge in [0.05, 0.1) is 12.8 Å². The van der Waals surface area contributed by atoms with Crippen molar-refractivity contribution in [1.29, 1.82) is 0 Å². The summed E-state index contributed by atoms with van der Waals surface area (Å²) in [6.07, 6.45) is 2.09. The molecule has 0 N–H and O–H groups in total. The Morgan fingerprint density at radius 1 is 1.21 bits per heavy atom. The van der Waals surface area contributed by atoms with Crippen LogP contribution in [0.5, 0.6) is 5.75 Å². The number of methoxy groups -OCH3 is 1. The Balaban J connectivity index is 2.51. The first kappa shape index (κ1) is 13.2. The Hall–Kier alpha value is -2.23. The third-order valence-corrected chi connectivity index (χ3v) is 2.98. The largest absolute Gasteiger partial charge is 0.496 e. The van der Waals surface area contributed by atoms with Gasteiger partial charge in [-0.05, 0) is 29.7 Å². The number of hydrogen-bond donors (Lipinski definition) is 0. The van der Waals surface area contributed by atoms with Crippen molar-refractivity contribution in [2.45, 2.75) is 19.8 Å². The highest BCUT2D eigenvalue weighted by molar-refractivity contribution is 5.76. The van der Waals surface area contributed by atoms with Gasteiger partial charge in [-0.25, -0.2) is 9.97 Å². The Morgan fingerprint density at radius 2 is 2.00 bits per heavy atom. The zero-order valence-corrected chi connectivity index (χ0v) is 11.3. The molecule has 0 bridgehead atoms. The summed E-state index contributed by atoms with van der Waals surface area (Å²) in [5, 5.41) is 0. The number of aldehydes is 1. The summed E-state index contributed by atoms with van der Waals surface area (Å²) in [6, 6.07) is 7.67. The molecule has 0 saturated heterocycles. The first-order valence-electron chi connectivity index (χ1n) is 6.11. The van der Waals surface area contributed by atoms with Gasteiger partial charge in [-0.15, -0.1) is 0 Å². The standard InChI is InChI=1S/C15H16N2O2/c1-10(2)11-4-5-13(15(6-11)19-3)14-7-12(8-18)16-9-17-14/h4-10H,1-3H3. The fourth-order valence-corrected chi connectivity index (χ4v) is 1.86. The molecular weight excluding hydrogens is 240 g/mol. The molecule has 2 rings (SSSR count). The molecule has 1 heterocycles. The number of carbonyl (C=O) groups is 1. The second-order valence-corrected chi connectivity index (χ2v) is 4.56. The molecule has 0 atom stereocenters. The third-order valence-electron chi connectivity index (χ3n) is 2.98. The highest BCUT2D eigenvalue weighted by Crippen LogP contribution is 2.31. The van der Waals surface area contributed by atoms with Crippen molar-refractivity contribution in [2.75, 3.05) is 7.11 Å². The van der Waals surface area contributed by atoms with Crippen LogP contribution in [0.15, 0.2) is 30.6 Å². The van der Waals surface area contributed by atoms with E-state index >= 15 is 0 Å². The Kier molecular flexibility index (Phi) is 3.90. The highest BCUT2D eigenvalue weighted by Gasteiger charge is 2.10. The van der Waals surface area contributed by atoms with E-state index in [0.29, 0.717) is 23.6 Å². The molecule has 1 aromatic heterocycles. The first-order valence-corrected chi connectivity index (χ1v) is 6.11. The van der Waals surface area contributed by atoms with Crippen molar-refractivity contribution in [3.8, 4) is 17.0 Å². The first-order chi connectivity index (χ1) is 9.15. The molecule has 0 radical (unpaired) electrons. The number of rotatable bonds is 4. The molecule has 0 aliphatic heterocycles. The molecule has 0 fully saturated rings. The van der Waals surface area contributed by atoms with Gasteiger partial charge in [-0.2, -0.15) is 0 Å². The zero-order chi connectivity index (χ0) is 13.8. The van der Waals surface area contributed by atoms with E-state index in [4.69, 9.17) is 4.74 Å². The molecule has 4 nitrogen and oxygen atoms in total. The summed E-state index contributed by atoms with van der Waals surface area (Å²) in [4.78, 5) is 18.8. The van der Waals surface area contributed by atoms with E-state index in [2.05, 4.69) is 23.8 Å². The Labute approximate surface area is 112 Å². The average Bonchev–Trinajstić information content (AvgIpc) is 2.46. The van der Waals surface area contributed by atoms with Gasteiger partial charge in [0.1, 0.15) is 17.8 Å². The monoisotopic (exact) mass is 256 g/mol. The fourth-order valence-electron chi connectivity index (χ4n) is 1.86. The third kappa shape index (κ3) is 2.78. The lowest BCUT2D eigenvalue weighted by Gasteiger charge is -2.12. The minimum atomic E-state index is 0.361. The van der Waals surface area contributed by atoms with Crippen LogP contribution in [0.1, 0.15) is 35.8 Å². The topological polar surface area (TPSA) is 52.1 Å². The second kappa shape index (κ2) is 5.61. The summed E-state index contributed by atoms with van der Waals surface area (Å²) < 4.78 is 5.42. The van der Waals surface area contributed by atoms with Crippen LogP contribution < -0.4 is 4.74 Å². The summed E-state index contributed by atoms with van der Waals surface area (Å²) in [7, 11) is 1.63. The predicted molar refractivity (Wildman–Crippen MR) is 73.5 cm³/mol. The second-order valence-electron chi connectivity index (χ2n) is 4.56.